The highest BCUT2D eigenvalue weighted by Gasteiger charge is 2.09. The van der Waals surface area contributed by atoms with E-state index in [0.717, 1.165) is 18.7 Å². The van der Waals surface area contributed by atoms with Gasteiger partial charge in [-0.15, -0.1) is 0 Å². The SMILES string of the molecule is CCc1ccc(C(N)Cn2cnc(C)c2C)cc1. The third-order valence-electron chi connectivity index (χ3n) is 3.55. The predicted octanol–water partition coefficient (Wildman–Crippen LogP) is 2.76. The Labute approximate surface area is 109 Å². The number of aryl methyl sites for hydroxylation is 2. The standard InChI is InChI=1S/C15H21N3/c1-4-13-5-7-14(8-6-13)15(16)9-18-10-17-11(2)12(18)3/h5-8,10,15H,4,9,16H2,1-3H3. The van der Waals surface area contributed by atoms with Crippen LogP contribution in [0, 0.1) is 13.8 Å². The van der Waals surface area contributed by atoms with Crippen LogP contribution in [0.15, 0.2) is 30.6 Å². The van der Waals surface area contributed by atoms with Gasteiger partial charge in [-0.25, -0.2) is 4.98 Å². The van der Waals surface area contributed by atoms with Crippen LogP contribution in [0.25, 0.3) is 0 Å². The molecule has 1 unspecified atom stereocenters. The highest BCUT2D eigenvalue weighted by molar-refractivity contribution is 5.25. The molecule has 0 saturated heterocycles. The van der Waals surface area contributed by atoms with Gasteiger partial charge in [0.05, 0.1) is 12.0 Å². The summed E-state index contributed by atoms with van der Waals surface area (Å²) in [6.45, 7) is 7.04. The van der Waals surface area contributed by atoms with Gasteiger partial charge in [0.1, 0.15) is 0 Å². The lowest BCUT2D eigenvalue weighted by Crippen LogP contribution is -2.18. The van der Waals surface area contributed by atoms with Crippen molar-refractivity contribution in [2.24, 2.45) is 5.73 Å². The van der Waals surface area contributed by atoms with Crippen molar-refractivity contribution in [2.45, 2.75) is 39.8 Å². The topological polar surface area (TPSA) is 43.8 Å². The van der Waals surface area contributed by atoms with Gasteiger partial charge in [-0.05, 0) is 31.4 Å². The van der Waals surface area contributed by atoms with E-state index in [1.807, 2.05) is 13.3 Å². The van der Waals surface area contributed by atoms with Gasteiger partial charge in [0.2, 0.25) is 0 Å². The van der Waals surface area contributed by atoms with Crippen molar-refractivity contribution < 1.29 is 0 Å². The molecule has 0 radical (unpaired) electrons. The highest BCUT2D eigenvalue weighted by atomic mass is 15.1. The molecule has 96 valence electrons. The Morgan fingerprint density at radius 1 is 1.22 bits per heavy atom. The summed E-state index contributed by atoms with van der Waals surface area (Å²) in [7, 11) is 0. The fourth-order valence-corrected chi connectivity index (χ4v) is 2.05. The second-order valence-electron chi connectivity index (χ2n) is 4.77. The van der Waals surface area contributed by atoms with Gasteiger partial charge >= 0.3 is 0 Å². The molecule has 3 nitrogen and oxygen atoms in total. The summed E-state index contributed by atoms with van der Waals surface area (Å²) in [5.74, 6) is 0. The van der Waals surface area contributed by atoms with Crippen molar-refractivity contribution in [3.05, 3.63) is 53.1 Å². The van der Waals surface area contributed by atoms with Crippen molar-refractivity contribution in [2.75, 3.05) is 0 Å². The number of nitrogens with two attached hydrogens (primary N) is 1. The molecule has 1 aromatic carbocycles. The zero-order valence-electron chi connectivity index (χ0n) is 11.4. The van der Waals surface area contributed by atoms with E-state index in [1.54, 1.807) is 0 Å². The summed E-state index contributed by atoms with van der Waals surface area (Å²) in [6, 6.07) is 8.58. The van der Waals surface area contributed by atoms with Crippen LogP contribution in [0.2, 0.25) is 0 Å². The Balaban J connectivity index is 2.11. The maximum absolute atomic E-state index is 6.25. The quantitative estimate of drug-likeness (QED) is 0.897. The minimum atomic E-state index is 0.0169. The lowest BCUT2D eigenvalue weighted by Gasteiger charge is -2.14. The van der Waals surface area contributed by atoms with E-state index in [0.29, 0.717) is 0 Å². The number of imidazole rings is 1. The van der Waals surface area contributed by atoms with Crippen LogP contribution in [0.3, 0.4) is 0 Å². The predicted molar refractivity (Wildman–Crippen MR) is 74.4 cm³/mol. The van der Waals surface area contributed by atoms with E-state index < -0.39 is 0 Å². The maximum atomic E-state index is 6.25. The summed E-state index contributed by atoms with van der Waals surface area (Å²) in [6.07, 6.45) is 2.93. The molecule has 2 rings (SSSR count). The molecule has 2 aromatic rings. The summed E-state index contributed by atoms with van der Waals surface area (Å²) >= 11 is 0. The van der Waals surface area contributed by atoms with E-state index in [-0.39, 0.29) is 6.04 Å². The van der Waals surface area contributed by atoms with Crippen LogP contribution in [-0.2, 0) is 13.0 Å². The maximum Gasteiger partial charge on any atom is 0.0952 e. The molecule has 0 bridgehead atoms. The van der Waals surface area contributed by atoms with Crippen molar-refractivity contribution in [3.63, 3.8) is 0 Å². The molecule has 0 saturated carbocycles. The molecule has 0 spiro atoms. The Hall–Kier alpha value is -1.61. The molecule has 0 aliphatic rings. The van der Waals surface area contributed by atoms with Crippen LogP contribution < -0.4 is 5.73 Å². The smallest absolute Gasteiger partial charge is 0.0952 e. The molecule has 1 aromatic heterocycles. The van der Waals surface area contributed by atoms with Crippen LogP contribution in [0.4, 0.5) is 0 Å². The van der Waals surface area contributed by atoms with E-state index in [1.165, 1.54) is 16.8 Å². The molecule has 18 heavy (non-hydrogen) atoms. The Bertz CT molecular complexity index is 511. The number of nitrogens with zero attached hydrogens (tertiary/aromatic N) is 2. The van der Waals surface area contributed by atoms with Gasteiger partial charge in [-0.2, -0.15) is 0 Å². The van der Waals surface area contributed by atoms with Crippen LogP contribution in [-0.4, -0.2) is 9.55 Å². The second kappa shape index (κ2) is 5.36. The molecule has 2 N–H and O–H groups in total. The van der Waals surface area contributed by atoms with Gasteiger partial charge in [0, 0.05) is 18.3 Å². The molecule has 0 fully saturated rings. The molecular formula is C15H21N3. The van der Waals surface area contributed by atoms with Gasteiger partial charge in [0.15, 0.2) is 0 Å². The number of benzene rings is 1. The van der Waals surface area contributed by atoms with Crippen LogP contribution in [0.1, 0.15) is 35.5 Å². The summed E-state index contributed by atoms with van der Waals surface area (Å²) in [5, 5.41) is 0. The van der Waals surface area contributed by atoms with Gasteiger partial charge in [0.25, 0.3) is 0 Å². The third kappa shape index (κ3) is 2.62. The summed E-state index contributed by atoms with van der Waals surface area (Å²) in [5.41, 5.74) is 11.0. The Morgan fingerprint density at radius 2 is 1.89 bits per heavy atom. The first-order valence-electron chi connectivity index (χ1n) is 6.44. The van der Waals surface area contributed by atoms with Crippen molar-refractivity contribution in [1.82, 2.24) is 9.55 Å². The molecule has 0 aliphatic carbocycles. The largest absolute Gasteiger partial charge is 0.333 e. The monoisotopic (exact) mass is 243 g/mol. The third-order valence-corrected chi connectivity index (χ3v) is 3.55. The average Bonchev–Trinajstić information content (AvgIpc) is 2.71. The van der Waals surface area contributed by atoms with E-state index in [9.17, 15) is 0 Å². The molecule has 1 atom stereocenters. The van der Waals surface area contributed by atoms with E-state index in [2.05, 4.69) is 47.7 Å². The van der Waals surface area contributed by atoms with E-state index >= 15 is 0 Å². The zero-order valence-corrected chi connectivity index (χ0v) is 11.4. The average molecular weight is 243 g/mol. The van der Waals surface area contributed by atoms with Gasteiger partial charge in [-0.1, -0.05) is 31.2 Å². The van der Waals surface area contributed by atoms with Crippen LogP contribution >= 0.6 is 0 Å². The van der Waals surface area contributed by atoms with Crippen molar-refractivity contribution in [3.8, 4) is 0 Å². The van der Waals surface area contributed by atoms with E-state index in [4.69, 9.17) is 5.73 Å². The molecule has 0 amide bonds. The first-order chi connectivity index (χ1) is 8.61. The fourth-order valence-electron chi connectivity index (χ4n) is 2.05. The second-order valence-corrected chi connectivity index (χ2v) is 4.77. The minimum Gasteiger partial charge on any atom is -0.333 e. The first-order valence-corrected chi connectivity index (χ1v) is 6.44. The highest BCUT2D eigenvalue weighted by Crippen LogP contribution is 2.15. The Morgan fingerprint density at radius 3 is 2.39 bits per heavy atom. The summed E-state index contributed by atoms with van der Waals surface area (Å²) in [4.78, 5) is 4.30. The Kier molecular flexibility index (Phi) is 3.82. The first kappa shape index (κ1) is 12.8. The van der Waals surface area contributed by atoms with Gasteiger partial charge < -0.3 is 10.3 Å². The minimum absolute atomic E-state index is 0.0169. The van der Waals surface area contributed by atoms with Crippen molar-refractivity contribution >= 4 is 0 Å². The lowest BCUT2D eigenvalue weighted by atomic mass is 10.0. The summed E-state index contributed by atoms with van der Waals surface area (Å²) < 4.78 is 2.12. The molecule has 1 heterocycles. The number of rotatable bonds is 4. The fraction of sp³-hybridized carbons (Fsp3) is 0.400. The zero-order chi connectivity index (χ0) is 13.1. The van der Waals surface area contributed by atoms with Crippen molar-refractivity contribution in [1.29, 1.82) is 0 Å². The normalized spacial score (nSPS) is 12.7. The van der Waals surface area contributed by atoms with Crippen LogP contribution in [0.5, 0.6) is 0 Å². The molecule has 3 heteroatoms. The molecular weight excluding hydrogens is 222 g/mol. The van der Waals surface area contributed by atoms with Gasteiger partial charge in [-0.3, -0.25) is 0 Å². The number of hydrogen-bond acceptors (Lipinski definition) is 2. The number of hydrogen-bond donors (Lipinski definition) is 1. The lowest BCUT2D eigenvalue weighted by molar-refractivity contribution is 0.566. The number of aromatic nitrogens is 2. The molecule has 0 aliphatic heterocycles.